The van der Waals surface area contributed by atoms with Crippen molar-refractivity contribution in [2.75, 3.05) is 23.3 Å². The van der Waals surface area contributed by atoms with Gasteiger partial charge in [0.1, 0.15) is 18.0 Å². The maximum atomic E-state index is 12.9. The van der Waals surface area contributed by atoms with Gasteiger partial charge in [0, 0.05) is 5.39 Å². The number of benzene rings is 3. The van der Waals surface area contributed by atoms with Crippen LogP contribution < -0.4 is 14.4 Å². The Kier molecular flexibility index (Phi) is 4.35. The fourth-order valence-corrected chi connectivity index (χ4v) is 5.01. The van der Waals surface area contributed by atoms with Crippen LogP contribution in [0, 0.1) is 10.1 Å². The summed E-state index contributed by atoms with van der Waals surface area (Å²) in [7, 11) is -2.54. The third-order valence-corrected chi connectivity index (χ3v) is 6.45. The van der Waals surface area contributed by atoms with E-state index in [0.717, 1.165) is 9.69 Å². The number of hydrogen-bond donors (Lipinski definition) is 1. The number of amides is 1. The SMILES string of the molecule is COc1ccc(NC(=O)CN2c3cccc4cccc(c34)S2(=O)=O)c([N+](=O)[O-])c1. The van der Waals surface area contributed by atoms with E-state index in [9.17, 15) is 23.3 Å². The number of hydrogen-bond acceptors (Lipinski definition) is 6. The van der Waals surface area contributed by atoms with Gasteiger partial charge in [-0.25, -0.2) is 8.42 Å². The number of carbonyl (C=O) groups is 1. The Morgan fingerprint density at radius 3 is 2.59 bits per heavy atom. The molecule has 9 nitrogen and oxygen atoms in total. The zero-order valence-electron chi connectivity index (χ0n) is 15.2. The van der Waals surface area contributed by atoms with Crippen molar-refractivity contribution in [2.45, 2.75) is 4.90 Å². The van der Waals surface area contributed by atoms with Gasteiger partial charge >= 0.3 is 0 Å². The fraction of sp³-hybridized carbons (Fsp3) is 0.105. The molecule has 148 valence electrons. The summed E-state index contributed by atoms with van der Waals surface area (Å²) in [6.45, 7) is -0.515. The molecule has 4 rings (SSSR count). The Bertz CT molecular complexity index is 1270. The number of methoxy groups -OCH3 is 1. The number of ether oxygens (including phenoxy) is 1. The molecule has 1 N–H and O–H groups in total. The highest BCUT2D eigenvalue weighted by Gasteiger charge is 2.36. The summed E-state index contributed by atoms with van der Waals surface area (Å²) < 4.78 is 31.8. The quantitative estimate of drug-likeness (QED) is 0.507. The van der Waals surface area contributed by atoms with Gasteiger partial charge in [0.2, 0.25) is 5.91 Å². The second-order valence-corrected chi connectivity index (χ2v) is 8.16. The molecule has 0 atom stereocenters. The molecule has 3 aromatic rings. The Hall–Kier alpha value is -3.66. The maximum Gasteiger partial charge on any atom is 0.296 e. The van der Waals surface area contributed by atoms with Crippen molar-refractivity contribution in [1.29, 1.82) is 0 Å². The van der Waals surface area contributed by atoms with E-state index in [0.29, 0.717) is 11.1 Å². The topological polar surface area (TPSA) is 119 Å². The average molecular weight is 413 g/mol. The van der Waals surface area contributed by atoms with Crippen LogP contribution in [0.2, 0.25) is 0 Å². The van der Waals surface area contributed by atoms with E-state index in [2.05, 4.69) is 5.32 Å². The summed E-state index contributed by atoms with van der Waals surface area (Å²) in [5.41, 5.74) is -0.00188. The van der Waals surface area contributed by atoms with Gasteiger partial charge in [-0.2, -0.15) is 0 Å². The van der Waals surface area contributed by atoms with Crippen LogP contribution in [0.25, 0.3) is 10.8 Å². The van der Waals surface area contributed by atoms with Crippen LogP contribution in [-0.4, -0.2) is 32.9 Å². The summed E-state index contributed by atoms with van der Waals surface area (Å²) in [6, 6.07) is 14.0. The second kappa shape index (κ2) is 6.74. The monoisotopic (exact) mass is 413 g/mol. The van der Waals surface area contributed by atoms with Crippen molar-refractivity contribution in [3.8, 4) is 5.75 Å². The van der Waals surface area contributed by atoms with E-state index in [1.807, 2.05) is 0 Å². The molecule has 1 heterocycles. The molecule has 0 aliphatic carbocycles. The van der Waals surface area contributed by atoms with Crippen LogP contribution in [0.5, 0.6) is 5.75 Å². The number of carbonyl (C=O) groups excluding carboxylic acids is 1. The number of nitro benzene ring substituents is 1. The van der Waals surface area contributed by atoms with Crippen molar-refractivity contribution in [3.05, 3.63) is 64.7 Å². The van der Waals surface area contributed by atoms with E-state index >= 15 is 0 Å². The molecule has 1 amide bonds. The fourth-order valence-electron chi connectivity index (χ4n) is 3.34. The van der Waals surface area contributed by atoms with Crippen LogP contribution in [0.1, 0.15) is 0 Å². The highest BCUT2D eigenvalue weighted by atomic mass is 32.2. The van der Waals surface area contributed by atoms with Crippen molar-refractivity contribution < 1.29 is 22.9 Å². The van der Waals surface area contributed by atoms with E-state index < -0.39 is 27.4 Å². The summed E-state index contributed by atoms with van der Waals surface area (Å²) in [6.07, 6.45) is 0. The smallest absolute Gasteiger partial charge is 0.296 e. The van der Waals surface area contributed by atoms with Gasteiger partial charge in [-0.3, -0.25) is 19.2 Å². The molecule has 29 heavy (non-hydrogen) atoms. The van der Waals surface area contributed by atoms with Crippen LogP contribution in [0.15, 0.2) is 59.5 Å². The minimum Gasteiger partial charge on any atom is -0.496 e. The van der Waals surface area contributed by atoms with Gasteiger partial charge in [0.15, 0.2) is 0 Å². The lowest BCUT2D eigenvalue weighted by Gasteiger charge is -2.18. The maximum absolute atomic E-state index is 12.9. The van der Waals surface area contributed by atoms with Crippen LogP contribution in [0.4, 0.5) is 17.1 Å². The predicted molar refractivity (Wildman–Crippen MR) is 107 cm³/mol. The molecule has 1 aliphatic rings. The summed E-state index contributed by atoms with van der Waals surface area (Å²) in [5, 5.41) is 15.0. The Morgan fingerprint density at radius 2 is 1.90 bits per heavy atom. The first kappa shape index (κ1) is 18.7. The van der Waals surface area contributed by atoms with E-state index in [1.54, 1.807) is 30.3 Å². The molecule has 0 fully saturated rings. The first-order valence-corrected chi connectivity index (χ1v) is 9.93. The molecule has 10 heteroatoms. The number of anilines is 2. The zero-order chi connectivity index (χ0) is 20.8. The minimum atomic E-state index is -3.90. The highest BCUT2D eigenvalue weighted by molar-refractivity contribution is 7.93. The van der Waals surface area contributed by atoms with Crippen LogP contribution >= 0.6 is 0 Å². The van der Waals surface area contributed by atoms with Gasteiger partial charge in [0.05, 0.1) is 28.7 Å². The number of sulfonamides is 1. The molecule has 1 aliphatic heterocycles. The molecular weight excluding hydrogens is 398 g/mol. The highest BCUT2D eigenvalue weighted by Crippen LogP contribution is 2.41. The lowest BCUT2D eigenvalue weighted by atomic mass is 10.1. The van der Waals surface area contributed by atoms with Gasteiger partial charge in [-0.1, -0.05) is 24.3 Å². The molecule has 0 saturated carbocycles. The zero-order valence-corrected chi connectivity index (χ0v) is 16.0. The van der Waals surface area contributed by atoms with E-state index in [1.165, 1.54) is 31.4 Å². The lowest BCUT2D eigenvalue weighted by Crippen LogP contribution is -2.35. The van der Waals surface area contributed by atoms with Crippen molar-refractivity contribution in [3.63, 3.8) is 0 Å². The van der Waals surface area contributed by atoms with Crippen molar-refractivity contribution >= 4 is 43.8 Å². The minimum absolute atomic E-state index is 0.0480. The van der Waals surface area contributed by atoms with Crippen LogP contribution in [-0.2, 0) is 14.8 Å². The van der Waals surface area contributed by atoms with Gasteiger partial charge in [-0.05, 0) is 29.7 Å². The Labute approximate surface area is 165 Å². The molecule has 0 bridgehead atoms. The number of nitrogens with zero attached hydrogens (tertiary/aromatic N) is 2. The summed E-state index contributed by atoms with van der Waals surface area (Å²) in [4.78, 5) is 23.4. The largest absolute Gasteiger partial charge is 0.496 e. The predicted octanol–water partition coefficient (Wildman–Crippen LogP) is 2.90. The van der Waals surface area contributed by atoms with Gasteiger partial charge in [0.25, 0.3) is 15.7 Å². The standard InChI is InChI=1S/C19H15N3O6S/c1-28-13-8-9-14(16(10-13)22(24)25)20-18(23)11-21-15-6-2-4-12-5-3-7-17(19(12)15)29(21,26)27/h2-10H,11H2,1H3,(H,20,23). The van der Waals surface area contributed by atoms with E-state index in [-0.39, 0.29) is 22.0 Å². The second-order valence-electron chi connectivity index (χ2n) is 6.33. The number of nitro groups is 1. The number of nitrogens with one attached hydrogen (secondary N) is 1. The molecule has 0 unspecified atom stereocenters. The van der Waals surface area contributed by atoms with Gasteiger partial charge < -0.3 is 10.1 Å². The van der Waals surface area contributed by atoms with E-state index in [4.69, 9.17) is 4.74 Å². The molecular formula is C19H15N3O6S. The third kappa shape index (κ3) is 3.03. The molecule has 0 saturated heterocycles. The first-order valence-electron chi connectivity index (χ1n) is 8.49. The van der Waals surface area contributed by atoms with Crippen molar-refractivity contribution in [1.82, 2.24) is 0 Å². The Morgan fingerprint density at radius 1 is 1.17 bits per heavy atom. The third-order valence-electron chi connectivity index (χ3n) is 4.64. The number of rotatable bonds is 5. The molecule has 0 spiro atoms. The molecule has 0 radical (unpaired) electrons. The van der Waals surface area contributed by atoms with Crippen molar-refractivity contribution in [2.24, 2.45) is 0 Å². The molecule has 0 aromatic heterocycles. The normalized spacial score (nSPS) is 14.0. The average Bonchev–Trinajstić information content (AvgIpc) is 2.91. The summed E-state index contributed by atoms with van der Waals surface area (Å²) >= 11 is 0. The molecule has 3 aromatic carbocycles. The lowest BCUT2D eigenvalue weighted by molar-refractivity contribution is -0.384. The Balaban J connectivity index is 1.65. The van der Waals surface area contributed by atoms with Crippen LogP contribution in [0.3, 0.4) is 0 Å². The summed E-state index contributed by atoms with van der Waals surface area (Å²) in [5.74, 6) is -0.439. The first-order chi connectivity index (χ1) is 13.8. The van der Waals surface area contributed by atoms with Gasteiger partial charge in [-0.15, -0.1) is 0 Å².